The molecule has 240 valence electrons. The molecule has 0 aromatic heterocycles. The molecule has 9 aromatic carbocycles. The van der Waals surface area contributed by atoms with Crippen LogP contribution in [0.1, 0.15) is 0 Å². The Morgan fingerprint density at radius 1 is 0.196 bits per heavy atom. The summed E-state index contributed by atoms with van der Waals surface area (Å²) in [7, 11) is 0. The van der Waals surface area contributed by atoms with Gasteiger partial charge in [0.25, 0.3) is 0 Å². The number of fused-ring (bicyclic) bond motifs is 2. The average molecular weight is 650 g/mol. The number of hydrogen-bond acceptors (Lipinski definition) is 1. The van der Waals surface area contributed by atoms with Crippen molar-refractivity contribution in [2.75, 3.05) is 4.90 Å². The van der Waals surface area contributed by atoms with E-state index in [1.54, 1.807) is 0 Å². The standard InChI is InChI=1S/C50H35N/c1-4-10-36(11-5-1)40-16-20-46-34-42(18-22-44(46)32-40)38-24-28-49(29-25-38)51(48-14-8-3-9-15-48)50-30-26-39(27-31-50)43-19-23-45-33-41(17-21-47(45)35-43)37-12-6-2-7-13-37/h1-35H. The van der Waals surface area contributed by atoms with E-state index in [4.69, 9.17) is 0 Å². The zero-order valence-corrected chi connectivity index (χ0v) is 28.2. The Morgan fingerprint density at radius 3 is 0.784 bits per heavy atom. The zero-order chi connectivity index (χ0) is 34.0. The lowest BCUT2D eigenvalue weighted by atomic mass is 9.97. The molecule has 0 heterocycles. The van der Waals surface area contributed by atoms with Crippen molar-refractivity contribution in [3.8, 4) is 44.5 Å². The van der Waals surface area contributed by atoms with Gasteiger partial charge < -0.3 is 4.90 Å². The van der Waals surface area contributed by atoms with Crippen LogP contribution in [0.4, 0.5) is 17.1 Å². The topological polar surface area (TPSA) is 3.24 Å². The molecule has 1 heteroatoms. The highest BCUT2D eigenvalue weighted by molar-refractivity contribution is 5.92. The van der Waals surface area contributed by atoms with E-state index in [9.17, 15) is 0 Å². The Balaban J connectivity index is 0.994. The molecule has 51 heavy (non-hydrogen) atoms. The van der Waals surface area contributed by atoms with Gasteiger partial charge in [0.1, 0.15) is 0 Å². The fourth-order valence-electron chi connectivity index (χ4n) is 7.10. The zero-order valence-electron chi connectivity index (χ0n) is 28.2. The lowest BCUT2D eigenvalue weighted by Gasteiger charge is -2.26. The molecule has 0 fully saturated rings. The molecule has 0 unspecified atom stereocenters. The fourth-order valence-corrected chi connectivity index (χ4v) is 7.10. The van der Waals surface area contributed by atoms with Crippen LogP contribution in [0.25, 0.3) is 66.1 Å². The van der Waals surface area contributed by atoms with Crippen LogP contribution < -0.4 is 4.90 Å². The first-order chi connectivity index (χ1) is 25.2. The van der Waals surface area contributed by atoms with Gasteiger partial charge in [-0.05, 0) is 127 Å². The molecule has 0 amide bonds. The second-order valence-electron chi connectivity index (χ2n) is 13.1. The van der Waals surface area contributed by atoms with Crippen molar-refractivity contribution in [2.45, 2.75) is 0 Å². The highest BCUT2D eigenvalue weighted by Gasteiger charge is 2.13. The fraction of sp³-hybridized carbons (Fsp3) is 0. The molecule has 1 nitrogen and oxygen atoms in total. The second kappa shape index (κ2) is 13.3. The maximum Gasteiger partial charge on any atom is 0.0462 e. The molecule has 0 radical (unpaired) electrons. The Bertz CT molecular complexity index is 2420. The normalized spacial score (nSPS) is 11.1. The lowest BCUT2D eigenvalue weighted by Crippen LogP contribution is -2.09. The predicted octanol–water partition coefficient (Wildman–Crippen LogP) is 14.1. The van der Waals surface area contributed by atoms with Gasteiger partial charge in [-0.1, -0.05) is 152 Å². The van der Waals surface area contributed by atoms with Crippen LogP contribution in [0.5, 0.6) is 0 Å². The van der Waals surface area contributed by atoms with E-state index in [1.165, 1.54) is 66.1 Å². The van der Waals surface area contributed by atoms with Crippen molar-refractivity contribution in [3.63, 3.8) is 0 Å². The number of para-hydroxylation sites is 1. The first-order valence-corrected chi connectivity index (χ1v) is 17.5. The quantitative estimate of drug-likeness (QED) is 0.166. The highest BCUT2D eigenvalue weighted by atomic mass is 15.1. The van der Waals surface area contributed by atoms with Gasteiger partial charge in [0.05, 0.1) is 0 Å². The summed E-state index contributed by atoms with van der Waals surface area (Å²) in [5.74, 6) is 0. The van der Waals surface area contributed by atoms with Gasteiger partial charge in [0.15, 0.2) is 0 Å². The summed E-state index contributed by atoms with van der Waals surface area (Å²) in [6, 6.07) is 76.6. The van der Waals surface area contributed by atoms with Crippen LogP contribution >= 0.6 is 0 Å². The van der Waals surface area contributed by atoms with E-state index in [-0.39, 0.29) is 0 Å². The van der Waals surface area contributed by atoms with Crippen molar-refractivity contribution >= 4 is 38.6 Å². The molecular weight excluding hydrogens is 615 g/mol. The van der Waals surface area contributed by atoms with Crippen LogP contribution in [0.2, 0.25) is 0 Å². The van der Waals surface area contributed by atoms with E-state index >= 15 is 0 Å². The molecule has 0 saturated carbocycles. The molecule has 0 aliphatic rings. The van der Waals surface area contributed by atoms with Crippen molar-refractivity contribution in [1.82, 2.24) is 0 Å². The smallest absolute Gasteiger partial charge is 0.0462 e. The molecule has 0 bridgehead atoms. The number of hydrogen-bond donors (Lipinski definition) is 0. The van der Waals surface area contributed by atoms with Crippen LogP contribution in [0.15, 0.2) is 212 Å². The van der Waals surface area contributed by atoms with Crippen LogP contribution in [0, 0.1) is 0 Å². The molecular formula is C50H35N. The van der Waals surface area contributed by atoms with Crippen molar-refractivity contribution in [1.29, 1.82) is 0 Å². The lowest BCUT2D eigenvalue weighted by molar-refractivity contribution is 1.28. The summed E-state index contributed by atoms with van der Waals surface area (Å²) in [6.45, 7) is 0. The number of anilines is 3. The monoisotopic (exact) mass is 649 g/mol. The SMILES string of the molecule is c1ccc(-c2ccc3cc(-c4ccc(N(c5ccccc5)c5ccc(-c6ccc7cc(-c8ccccc8)ccc7c6)cc5)cc4)ccc3c2)cc1. The van der Waals surface area contributed by atoms with Crippen molar-refractivity contribution in [2.24, 2.45) is 0 Å². The van der Waals surface area contributed by atoms with Crippen LogP contribution in [-0.2, 0) is 0 Å². The summed E-state index contributed by atoms with van der Waals surface area (Å²) >= 11 is 0. The van der Waals surface area contributed by atoms with Gasteiger partial charge in [0, 0.05) is 17.1 Å². The summed E-state index contributed by atoms with van der Waals surface area (Å²) in [6.07, 6.45) is 0. The third kappa shape index (κ3) is 6.18. The maximum absolute atomic E-state index is 2.32. The number of rotatable bonds is 7. The Hall–Kier alpha value is -6.70. The minimum Gasteiger partial charge on any atom is -0.311 e. The summed E-state index contributed by atoms with van der Waals surface area (Å²) in [5, 5.41) is 4.98. The van der Waals surface area contributed by atoms with Gasteiger partial charge >= 0.3 is 0 Å². The average Bonchev–Trinajstić information content (AvgIpc) is 3.22. The molecule has 0 aliphatic carbocycles. The molecule has 0 atom stereocenters. The second-order valence-corrected chi connectivity index (χ2v) is 13.1. The van der Waals surface area contributed by atoms with Gasteiger partial charge in [0.2, 0.25) is 0 Å². The maximum atomic E-state index is 2.32. The van der Waals surface area contributed by atoms with Gasteiger partial charge in [-0.25, -0.2) is 0 Å². The number of benzene rings is 9. The third-order valence-electron chi connectivity index (χ3n) is 9.83. The van der Waals surface area contributed by atoms with E-state index < -0.39 is 0 Å². The highest BCUT2D eigenvalue weighted by Crippen LogP contribution is 2.38. The van der Waals surface area contributed by atoms with E-state index in [0.717, 1.165) is 17.1 Å². The van der Waals surface area contributed by atoms with Crippen molar-refractivity contribution in [3.05, 3.63) is 212 Å². The molecule has 0 N–H and O–H groups in total. The Kier molecular flexibility index (Phi) is 7.92. The van der Waals surface area contributed by atoms with E-state index in [1.807, 2.05) is 0 Å². The first-order valence-electron chi connectivity index (χ1n) is 17.5. The Morgan fingerprint density at radius 2 is 0.451 bits per heavy atom. The van der Waals surface area contributed by atoms with Crippen LogP contribution in [-0.4, -0.2) is 0 Å². The van der Waals surface area contributed by atoms with Gasteiger partial charge in [-0.15, -0.1) is 0 Å². The molecule has 0 aliphatic heterocycles. The molecule has 0 spiro atoms. The van der Waals surface area contributed by atoms with Gasteiger partial charge in [-0.3, -0.25) is 0 Å². The minimum absolute atomic E-state index is 1.12. The van der Waals surface area contributed by atoms with Gasteiger partial charge in [-0.2, -0.15) is 0 Å². The van der Waals surface area contributed by atoms with E-state index in [2.05, 4.69) is 217 Å². The molecule has 9 aromatic rings. The first kappa shape index (κ1) is 30.4. The number of nitrogens with zero attached hydrogens (tertiary/aromatic N) is 1. The molecule has 9 rings (SSSR count). The largest absolute Gasteiger partial charge is 0.311 e. The minimum atomic E-state index is 1.12. The third-order valence-corrected chi connectivity index (χ3v) is 9.83. The predicted molar refractivity (Wildman–Crippen MR) is 218 cm³/mol. The Labute approximate surface area is 299 Å². The summed E-state index contributed by atoms with van der Waals surface area (Å²) in [4.78, 5) is 2.32. The van der Waals surface area contributed by atoms with Crippen LogP contribution in [0.3, 0.4) is 0 Å². The summed E-state index contributed by atoms with van der Waals surface area (Å²) in [5.41, 5.74) is 13.1. The molecule has 0 saturated heterocycles. The van der Waals surface area contributed by atoms with E-state index in [0.29, 0.717) is 0 Å². The summed E-state index contributed by atoms with van der Waals surface area (Å²) < 4.78 is 0. The van der Waals surface area contributed by atoms with Crippen molar-refractivity contribution < 1.29 is 0 Å².